The molecule has 0 aliphatic carbocycles. The van der Waals surface area contributed by atoms with Crippen molar-refractivity contribution in [2.75, 3.05) is 14.2 Å². The lowest BCUT2D eigenvalue weighted by atomic mass is 9.93. The highest BCUT2D eigenvalue weighted by atomic mass is 16.6. The minimum Gasteiger partial charge on any atom is -0.504 e. The summed E-state index contributed by atoms with van der Waals surface area (Å²) < 4.78 is 21.5. The fraction of sp³-hybridized carbons (Fsp3) is 0.500. The number of phenolic OH excluding ortho intramolecular Hbond substituents is 1. The first kappa shape index (κ1) is 16.4. The maximum Gasteiger partial charge on any atom is 0.342 e. The lowest BCUT2D eigenvalue weighted by Crippen LogP contribution is -2.29. The van der Waals surface area contributed by atoms with Gasteiger partial charge >= 0.3 is 11.9 Å². The number of benzene rings is 1. The number of methoxy groups -OCH3 is 2. The number of carbonyl (C=O) groups excluding carboxylic acids is 1. The number of esters is 1. The number of hydrogen-bond acceptors (Lipinski definition) is 7. The third-order valence-electron chi connectivity index (χ3n) is 4.30. The van der Waals surface area contributed by atoms with Crippen LogP contribution in [0.4, 0.5) is 0 Å². The van der Waals surface area contributed by atoms with Gasteiger partial charge in [-0.3, -0.25) is 4.79 Å². The molecule has 0 spiro atoms. The Morgan fingerprint density at radius 1 is 1.38 bits per heavy atom. The smallest absolute Gasteiger partial charge is 0.342 e. The van der Waals surface area contributed by atoms with Crippen molar-refractivity contribution in [3.05, 3.63) is 17.2 Å². The summed E-state index contributed by atoms with van der Waals surface area (Å²) >= 11 is 0. The number of carbonyl (C=O) groups is 2. The molecule has 2 heterocycles. The van der Waals surface area contributed by atoms with E-state index in [1.165, 1.54) is 14.2 Å². The van der Waals surface area contributed by atoms with Crippen molar-refractivity contribution in [2.24, 2.45) is 0 Å². The van der Waals surface area contributed by atoms with Crippen LogP contribution in [0.1, 0.15) is 41.3 Å². The molecule has 3 rings (SSSR count). The molecular weight excluding hydrogens is 320 g/mol. The molecule has 2 aliphatic heterocycles. The molecule has 8 nitrogen and oxygen atoms in total. The fourth-order valence-corrected chi connectivity index (χ4v) is 3.22. The van der Waals surface area contributed by atoms with Crippen LogP contribution in [0.15, 0.2) is 6.07 Å². The van der Waals surface area contributed by atoms with Crippen LogP contribution in [-0.2, 0) is 14.3 Å². The van der Waals surface area contributed by atoms with Gasteiger partial charge in [-0.25, -0.2) is 4.79 Å². The zero-order valence-corrected chi connectivity index (χ0v) is 13.3. The number of carboxylic acids is 1. The van der Waals surface area contributed by atoms with Crippen LogP contribution >= 0.6 is 0 Å². The molecule has 1 aromatic carbocycles. The van der Waals surface area contributed by atoms with Crippen molar-refractivity contribution < 1.29 is 38.7 Å². The van der Waals surface area contributed by atoms with Crippen LogP contribution in [0.25, 0.3) is 0 Å². The summed E-state index contributed by atoms with van der Waals surface area (Å²) in [5, 5.41) is 19.1. The number of rotatable bonds is 5. The van der Waals surface area contributed by atoms with E-state index < -0.39 is 24.1 Å². The first-order valence-corrected chi connectivity index (χ1v) is 7.52. The molecule has 0 radical (unpaired) electrons. The van der Waals surface area contributed by atoms with Gasteiger partial charge in [-0.05, 0) is 12.5 Å². The van der Waals surface area contributed by atoms with Gasteiger partial charge < -0.3 is 29.2 Å². The van der Waals surface area contributed by atoms with E-state index in [2.05, 4.69) is 0 Å². The summed E-state index contributed by atoms with van der Waals surface area (Å²) in [6.45, 7) is 0. The first-order chi connectivity index (χ1) is 11.5. The summed E-state index contributed by atoms with van der Waals surface area (Å²) in [5.41, 5.74) is 0.456. The second-order valence-corrected chi connectivity index (χ2v) is 5.72. The van der Waals surface area contributed by atoms with E-state index >= 15 is 0 Å². The van der Waals surface area contributed by atoms with E-state index in [1.807, 2.05) is 0 Å². The first-order valence-electron chi connectivity index (χ1n) is 7.52. The van der Waals surface area contributed by atoms with Crippen molar-refractivity contribution >= 4 is 11.9 Å². The molecule has 130 valence electrons. The van der Waals surface area contributed by atoms with Crippen LogP contribution in [0.5, 0.6) is 17.2 Å². The lowest BCUT2D eigenvalue weighted by molar-refractivity contribution is -0.137. The van der Waals surface area contributed by atoms with E-state index in [1.54, 1.807) is 6.07 Å². The Morgan fingerprint density at radius 2 is 2.12 bits per heavy atom. The van der Waals surface area contributed by atoms with Gasteiger partial charge in [-0.1, -0.05) is 0 Å². The van der Waals surface area contributed by atoms with Crippen LogP contribution in [0.3, 0.4) is 0 Å². The van der Waals surface area contributed by atoms with Crippen molar-refractivity contribution in [3.8, 4) is 17.2 Å². The van der Waals surface area contributed by atoms with Crippen molar-refractivity contribution in [2.45, 2.75) is 37.6 Å². The van der Waals surface area contributed by atoms with E-state index in [4.69, 9.17) is 24.1 Å². The summed E-state index contributed by atoms with van der Waals surface area (Å²) in [6.07, 6.45) is -0.692. The minimum absolute atomic E-state index is 0.00668. The normalized spacial score (nSPS) is 24.8. The molecule has 3 atom stereocenters. The van der Waals surface area contributed by atoms with E-state index in [-0.39, 0.29) is 35.3 Å². The number of ether oxygens (including phenoxy) is 4. The molecule has 2 N–H and O–H groups in total. The van der Waals surface area contributed by atoms with Gasteiger partial charge in [0.1, 0.15) is 17.8 Å². The van der Waals surface area contributed by atoms with Gasteiger partial charge in [0.05, 0.1) is 20.3 Å². The lowest BCUT2D eigenvalue weighted by Gasteiger charge is -2.28. The average molecular weight is 338 g/mol. The number of aliphatic carboxylic acids is 1. The maximum atomic E-state index is 12.3. The zero-order chi connectivity index (χ0) is 17.4. The van der Waals surface area contributed by atoms with Crippen LogP contribution < -0.4 is 9.47 Å². The highest BCUT2D eigenvalue weighted by Gasteiger charge is 2.46. The Kier molecular flexibility index (Phi) is 4.23. The Labute approximate surface area is 137 Å². The summed E-state index contributed by atoms with van der Waals surface area (Å²) in [6, 6.07) is 1.59. The summed E-state index contributed by atoms with van der Waals surface area (Å²) in [5.74, 6) is -1.60. The summed E-state index contributed by atoms with van der Waals surface area (Å²) in [7, 11) is 2.78. The number of phenols is 1. The number of hydrogen-bond donors (Lipinski definition) is 2. The van der Waals surface area contributed by atoms with Gasteiger partial charge in [0.15, 0.2) is 11.5 Å². The number of carboxylic acid groups (broad SMARTS) is 1. The van der Waals surface area contributed by atoms with Crippen LogP contribution in [0, 0.1) is 0 Å². The predicted molar refractivity (Wildman–Crippen MR) is 79.5 cm³/mol. The van der Waals surface area contributed by atoms with Crippen molar-refractivity contribution in [1.82, 2.24) is 0 Å². The Balaban J connectivity index is 1.96. The quantitative estimate of drug-likeness (QED) is 0.780. The van der Waals surface area contributed by atoms with E-state index in [0.717, 1.165) is 0 Å². The monoisotopic (exact) mass is 338 g/mol. The van der Waals surface area contributed by atoms with Crippen LogP contribution in [-0.4, -0.2) is 48.6 Å². The molecule has 2 aliphatic rings. The maximum absolute atomic E-state index is 12.3. The number of fused-ring (bicyclic) bond motifs is 3. The fourth-order valence-electron chi connectivity index (χ4n) is 3.22. The molecule has 0 aromatic heterocycles. The van der Waals surface area contributed by atoms with E-state index in [0.29, 0.717) is 18.4 Å². The Morgan fingerprint density at radius 3 is 2.75 bits per heavy atom. The highest BCUT2D eigenvalue weighted by Crippen LogP contribution is 2.49. The second-order valence-electron chi connectivity index (χ2n) is 5.72. The van der Waals surface area contributed by atoms with Gasteiger partial charge in [0.25, 0.3) is 0 Å². The third kappa shape index (κ3) is 2.62. The zero-order valence-electron chi connectivity index (χ0n) is 13.3. The molecule has 0 unspecified atom stereocenters. The standard InChI is InChI=1S/C16H18O8/c1-21-9-6-8-12(13(19)15(9)22-2)16(20)24-10-5-7(23-14(8)10)3-4-11(17)18/h6-7,10,14,19H,3-5H2,1-2H3,(H,17,18)/t7-,10+,14+/m0/s1. The van der Waals surface area contributed by atoms with Crippen molar-refractivity contribution in [3.63, 3.8) is 0 Å². The topological polar surface area (TPSA) is 112 Å². The second kappa shape index (κ2) is 6.20. The molecule has 0 saturated carbocycles. The Hall–Kier alpha value is -2.48. The van der Waals surface area contributed by atoms with Gasteiger partial charge in [0.2, 0.25) is 5.75 Å². The molecule has 24 heavy (non-hydrogen) atoms. The summed E-state index contributed by atoms with van der Waals surface area (Å²) in [4.78, 5) is 23.0. The SMILES string of the molecule is COc1cc2c(c(O)c1OC)C(=O)O[C@@H]1C[C@H](CCC(=O)O)O[C@H]21. The van der Waals surface area contributed by atoms with Gasteiger partial charge in [-0.15, -0.1) is 0 Å². The third-order valence-corrected chi connectivity index (χ3v) is 4.30. The highest BCUT2D eigenvalue weighted by molar-refractivity contribution is 5.97. The molecular formula is C16H18O8. The Bertz CT molecular complexity index is 683. The molecule has 1 aromatic rings. The molecule has 8 heteroatoms. The van der Waals surface area contributed by atoms with Crippen molar-refractivity contribution in [1.29, 1.82) is 0 Å². The predicted octanol–water partition coefficient (Wildman–Crippen LogP) is 1.64. The molecule has 0 amide bonds. The van der Waals surface area contributed by atoms with Gasteiger partial charge in [-0.2, -0.15) is 0 Å². The van der Waals surface area contributed by atoms with E-state index in [9.17, 15) is 14.7 Å². The number of aromatic hydroxyl groups is 1. The van der Waals surface area contributed by atoms with Crippen LogP contribution in [0.2, 0.25) is 0 Å². The minimum atomic E-state index is -0.907. The molecule has 0 bridgehead atoms. The average Bonchev–Trinajstić information content (AvgIpc) is 2.95. The largest absolute Gasteiger partial charge is 0.504 e. The molecule has 1 fully saturated rings. The van der Waals surface area contributed by atoms with Gasteiger partial charge in [0, 0.05) is 18.4 Å². The molecule has 1 saturated heterocycles.